The lowest BCUT2D eigenvalue weighted by molar-refractivity contribution is 0.191. The van der Waals surface area contributed by atoms with Gasteiger partial charge in [0, 0.05) is 22.8 Å². The van der Waals surface area contributed by atoms with Crippen LogP contribution in [0.5, 0.6) is 0 Å². The predicted octanol–water partition coefficient (Wildman–Crippen LogP) is 4.57. The Balaban J connectivity index is 0.00000288. The zero-order valence-electron chi connectivity index (χ0n) is 13.1. The van der Waals surface area contributed by atoms with Gasteiger partial charge in [-0.1, -0.05) is 23.2 Å². The Labute approximate surface area is 177 Å². The maximum Gasteiger partial charge on any atom is 0.191 e. The highest BCUT2D eigenvalue weighted by Gasteiger charge is 2.10. The van der Waals surface area contributed by atoms with E-state index in [4.69, 9.17) is 23.2 Å². The number of rotatable bonds is 7. The standard InChI is InChI=1S/C15H19Cl2N3OS2.HI/c1-2-18-15(19-8-7-10-3-5-13(16)22-10)20-9-11(21)12-4-6-14(17)23-12;/h3-6,11,21H,2,7-9H2,1H3,(H2,18,19,20);1H. The number of aliphatic imine (C=N–C) groups is 1. The van der Waals surface area contributed by atoms with Crippen molar-refractivity contribution in [3.63, 3.8) is 0 Å². The highest BCUT2D eigenvalue weighted by molar-refractivity contribution is 14.0. The first-order chi connectivity index (χ1) is 11.1. The van der Waals surface area contributed by atoms with Crippen LogP contribution in [0, 0.1) is 0 Å². The first-order valence-corrected chi connectivity index (χ1v) is 9.67. The maximum absolute atomic E-state index is 10.1. The van der Waals surface area contributed by atoms with Crippen LogP contribution in [-0.2, 0) is 6.42 Å². The molecule has 0 aliphatic heterocycles. The fraction of sp³-hybridized carbons (Fsp3) is 0.400. The lowest BCUT2D eigenvalue weighted by Gasteiger charge is -2.12. The van der Waals surface area contributed by atoms with Crippen molar-refractivity contribution in [2.45, 2.75) is 19.4 Å². The summed E-state index contributed by atoms with van der Waals surface area (Å²) in [6.45, 7) is 3.81. The molecule has 0 aromatic carbocycles. The van der Waals surface area contributed by atoms with Crippen LogP contribution in [0.2, 0.25) is 8.67 Å². The van der Waals surface area contributed by atoms with E-state index >= 15 is 0 Å². The molecule has 0 amide bonds. The molecule has 0 aliphatic rings. The minimum absolute atomic E-state index is 0. The van der Waals surface area contributed by atoms with E-state index in [1.807, 2.05) is 25.1 Å². The van der Waals surface area contributed by atoms with Gasteiger partial charge < -0.3 is 15.7 Å². The molecule has 0 saturated heterocycles. The predicted molar refractivity (Wildman–Crippen MR) is 117 cm³/mol. The Morgan fingerprint density at radius 2 is 1.88 bits per heavy atom. The van der Waals surface area contributed by atoms with Crippen LogP contribution < -0.4 is 10.6 Å². The lowest BCUT2D eigenvalue weighted by Crippen LogP contribution is -2.38. The van der Waals surface area contributed by atoms with E-state index in [-0.39, 0.29) is 30.5 Å². The molecule has 2 rings (SSSR count). The summed E-state index contributed by atoms with van der Waals surface area (Å²) in [6, 6.07) is 7.55. The first-order valence-electron chi connectivity index (χ1n) is 7.28. The number of hydrogen-bond donors (Lipinski definition) is 3. The molecule has 134 valence electrons. The minimum Gasteiger partial charge on any atom is -0.386 e. The topological polar surface area (TPSA) is 56.7 Å². The average Bonchev–Trinajstić information content (AvgIpc) is 3.13. The van der Waals surface area contributed by atoms with Crippen LogP contribution in [-0.4, -0.2) is 30.7 Å². The molecule has 2 heterocycles. The molecule has 9 heteroatoms. The summed E-state index contributed by atoms with van der Waals surface area (Å²) >= 11 is 14.8. The second kappa shape index (κ2) is 11.5. The molecular weight excluding hydrogens is 500 g/mol. The van der Waals surface area contributed by atoms with E-state index in [1.54, 1.807) is 17.4 Å². The number of aliphatic hydroxyl groups excluding tert-OH is 1. The van der Waals surface area contributed by atoms with Crippen molar-refractivity contribution in [3.05, 3.63) is 42.7 Å². The van der Waals surface area contributed by atoms with Gasteiger partial charge >= 0.3 is 0 Å². The molecule has 3 N–H and O–H groups in total. The van der Waals surface area contributed by atoms with Crippen LogP contribution >= 0.6 is 69.9 Å². The summed E-state index contributed by atoms with van der Waals surface area (Å²) in [4.78, 5) is 6.47. The summed E-state index contributed by atoms with van der Waals surface area (Å²) in [5.74, 6) is 0.692. The molecule has 2 aromatic rings. The van der Waals surface area contributed by atoms with Gasteiger partial charge in [-0.2, -0.15) is 0 Å². The Morgan fingerprint density at radius 1 is 1.17 bits per heavy atom. The van der Waals surface area contributed by atoms with Gasteiger partial charge in [-0.05, 0) is 37.6 Å². The van der Waals surface area contributed by atoms with Crippen molar-refractivity contribution in [1.29, 1.82) is 0 Å². The number of guanidine groups is 1. The zero-order chi connectivity index (χ0) is 16.7. The molecule has 1 unspecified atom stereocenters. The van der Waals surface area contributed by atoms with Crippen LogP contribution in [0.4, 0.5) is 0 Å². The molecule has 0 radical (unpaired) electrons. The Hall–Kier alpha value is -0.0600. The summed E-state index contributed by atoms with van der Waals surface area (Å²) in [5, 5.41) is 16.6. The molecule has 4 nitrogen and oxygen atoms in total. The highest BCUT2D eigenvalue weighted by atomic mass is 127. The van der Waals surface area contributed by atoms with Crippen LogP contribution in [0.3, 0.4) is 0 Å². The van der Waals surface area contributed by atoms with E-state index in [1.165, 1.54) is 16.2 Å². The largest absolute Gasteiger partial charge is 0.386 e. The second-order valence-corrected chi connectivity index (χ2v) is 8.31. The molecule has 24 heavy (non-hydrogen) atoms. The minimum atomic E-state index is -0.640. The normalized spacial score (nSPS) is 12.6. The molecule has 0 aliphatic carbocycles. The SMILES string of the molecule is CCNC(=NCC(O)c1ccc(Cl)s1)NCCc1ccc(Cl)s1.I. The van der Waals surface area contributed by atoms with Gasteiger partial charge in [0.25, 0.3) is 0 Å². The summed E-state index contributed by atoms with van der Waals surface area (Å²) < 4.78 is 1.47. The molecule has 2 aromatic heterocycles. The molecular formula is C15H20Cl2IN3OS2. The maximum atomic E-state index is 10.1. The van der Waals surface area contributed by atoms with Crippen LogP contribution in [0.25, 0.3) is 0 Å². The van der Waals surface area contributed by atoms with E-state index < -0.39 is 6.10 Å². The molecule has 0 fully saturated rings. The number of thiophene rings is 2. The smallest absolute Gasteiger partial charge is 0.191 e. The van der Waals surface area contributed by atoms with E-state index in [9.17, 15) is 5.11 Å². The molecule has 0 saturated carbocycles. The van der Waals surface area contributed by atoms with Crippen molar-refractivity contribution in [2.24, 2.45) is 4.99 Å². The van der Waals surface area contributed by atoms with E-state index in [0.29, 0.717) is 10.3 Å². The third-order valence-electron chi connectivity index (χ3n) is 2.98. The third-order valence-corrected chi connectivity index (χ3v) is 5.60. The zero-order valence-corrected chi connectivity index (χ0v) is 18.6. The van der Waals surface area contributed by atoms with Crippen molar-refractivity contribution in [3.8, 4) is 0 Å². The Kier molecular flexibility index (Phi) is 10.6. The van der Waals surface area contributed by atoms with Crippen LogP contribution in [0.1, 0.15) is 22.8 Å². The van der Waals surface area contributed by atoms with Gasteiger partial charge in [-0.3, -0.25) is 4.99 Å². The average molecular weight is 520 g/mol. The quantitative estimate of drug-likeness (QED) is 0.285. The Bertz CT molecular complexity index is 648. The van der Waals surface area contributed by atoms with Gasteiger partial charge in [-0.25, -0.2) is 0 Å². The Morgan fingerprint density at radius 3 is 2.46 bits per heavy atom. The van der Waals surface area contributed by atoms with Crippen molar-refractivity contribution >= 4 is 75.8 Å². The number of aliphatic hydroxyl groups is 1. The molecule has 1 atom stereocenters. The number of nitrogens with zero attached hydrogens (tertiary/aromatic N) is 1. The van der Waals surface area contributed by atoms with Gasteiger partial charge in [-0.15, -0.1) is 46.7 Å². The van der Waals surface area contributed by atoms with Crippen LogP contribution in [0.15, 0.2) is 29.3 Å². The first kappa shape index (κ1) is 22.0. The van der Waals surface area contributed by atoms with Crippen molar-refractivity contribution in [2.75, 3.05) is 19.6 Å². The van der Waals surface area contributed by atoms with Gasteiger partial charge in [0.1, 0.15) is 6.10 Å². The highest BCUT2D eigenvalue weighted by Crippen LogP contribution is 2.26. The van der Waals surface area contributed by atoms with Gasteiger partial charge in [0.05, 0.1) is 15.2 Å². The summed E-state index contributed by atoms with van der Waals surface area (Å²) in [5.41, 5.74) is 0. The van der Waals surface area contributed by atoms with Crippen molar-refractivity contribution in [1.82, 2.24) is 10.6 Å². The molecule has 0 bridgehead atoms. The number of hydrogen-bond acceptors (Lipinski definition) is 4. The fourth-order valence-electron chi connectivity index (χ4n) is 1.91. The molecule has 0 spiro atoms. The third kappa shape index (κ3) is 7.45. The van der Waals surface area contributed by atoms with E-state index in [2.05, 4.69) is 15.6 Å². The number of nitrogens with one attached hydrogen (secondary N) is 2. The number of halogens is 3. The summed E-state index contributed by atoms with van der Waals surface area (Å²) in [6.07, 6.45) is 0.240. The lowest BCUT2D eigenvalue weighted by atomic mass is 10.3. The monoisotopic (exact) mass is 519 g/mol. The van der Waals surface area contributed by atoms with Gasteiger partial charge in [0.15, 0.2) is 5.96 Å². The second-order valence-electron chi connectivity index (χ2n) is 4.76. The van der Waals surface area contributed by atoms with Gasteiger partial charge in [0.2, 0.25) is 0 Å². The van der Waals surface area contributed by atoms with E-state index in [0.717, 1.165) is 28.7 Å². The van der Waals surface area contributed by atoms with Crippen molar-refractivity contribution < 1.29 is 5.11 Å². The summed E-state index contributed by atoms with van der Waals surface area (Å²) in [7, 11) is 0. The fourth-order valence-corrected chi connectivity index (χ4v) is 4.03.